The Bertz CT molecular complexity index is 830. The monoisotopic (exact) mass is 312 g/mol. The zero-order valence-corrected chi connectivity index (χ0v) is 12.4. The Morgan fingerprint density at radius 1 is 1.22 bits per heavy atom. The van der Waals surface area contributed by atoms with Gasteiger partial charge in [0.15, 0.2) is 0 Å². The SMILES string of the molecule is NCCOc1nn(Cc2ccccc2)c2ccc([N+](=O)[O-])cc12. The van der Waals surface area contributed by atoms with Gasteiger partial charge >= 0.3 is 0 Å². The molecule has 3 rings (SSSR count). The molecule has 1 heterocycles. The van der Waals surface area contributed by atoms with Crippen LogP contribution in [0.15, 0.2) is 48.5 Å². The second-order valence-electron chi connectivity index (χ2n) is 5.04. The molecule has 0 radical (unpaired) electrons. The molecule has 3 aromatic rings. The summed E-state index contributed by atoms with van der Waals surface area (Å²) in [6.07, 6.45) is 0. The van der Waals surface area contributed by atoms with E-state index in [1.54, 1.807) is 10.7 Å². The first-order chi connectivity index (χ1) is 11.2. The van der Waals surface area contributed by atoms with Gasteiger partial charge in [-0.2, -0.15) is 0 Å². The number of fused-ring (bicyclic) bond motifs is 1. The van der Waals surface area contributed by atoms with Crippen molar-refractivity contribution in [2.24, 2.45) is 5.73 Å². The molecular weight excluding hydrogens is 296 g/mol. The van der Waals surface area contributed by atoms with E-state index in [-0.39, 0.29) is 5.69 Å². The lowest BCUT2D eigenvalue weighted by atomic mass is 10.2. The maximum absolute atomic E-state index is 11.0. The summed E-state index contributed by atoms with van der Waals surface area (Å²) in [6.45, 7) is 1.21. The molecule has 0 fully saturated rings. The number of non-ortho nitro benzene ring substituents is 1. The van der Waals surface area contributed by atoms with E-state index in [2.05, 4.69) is 5.10 Å². The maximum Gasteiger partial charge on any atom is 0.270 e. The van der Waals surface area contributed by atoms with Crippen molar-refractivity contribution < 1.29 is 9.66 Å². The minimum absolute atomic E-state index is 0.00867. The molecule has 0 aliphatic carbocycles. The van der Waals surface area contributed by atoms with Crippen LogP contribution in [0.4, 0.5) is 5.69 Å². The zero-order valence-electron chi connectivity index (χ0n) is 12.4. The third-order valence-corrected chi connectivity index (χ3v) is 3.44. The fourth-order valence-electron chi connectivity index (χ4n) is 2.39. The zero-order chi connectivity index (χ0) is 16.2. The van der Waals surface area contributed by atoms with E-state index in [0.717, 1.165) is 11.1 Å². The first kappa shape index (κ1) is 15.0. The highest BCUT2D eigenvalue weighted by Gasteiger charge is 2.16. The van der Waals surface area contributed by atoms with Gasteiger partial charge in [0.1, 0.15) is 6.61 Å². The predicted octanol–water partition coefficient (Wildman–Crippen LogP) is 2.33. The van der Waals surface area contributed by atoms with E-state index in [0.29, 0.717) is 31.0 Å². The maximum atomic E-state index is 11.0. The van der Waals surface area contributed by atoms with Gasteiger partial charge in [-0.3, -0.25) is 14.8 Å². The van der Waals surface area contributed by atoms with Crippen LogP contribution in [0.2, 0.25) is 0 Å². The number of benzene rings is 2. The van der Waals surface area contributed by atoms with Crippen LogP contribution in [0, 0.1) is 10.1 Å². The van der Waals surface area contributed by atoms with Crippen LogP contribution in [0.1, 0.15) is 5.56 Å². The van der Waals surface area contributed by atoms with Gasteiger partial charge in [-0.15, -0.1) is 5.10 Å². The van der Waals surface area contributed by atoms with Crippen molar-refractivity contribution in [2.75, 3.05) is 13.2 Å². The first-order valence-electron chi connectivity index (χ1n) is 7.21. The van der Waals surface area contributed by atoms with Crippen LogP contribution in [-0.2, 0) is 6.54 Å². The molecule has 0 saturated heterocycles. The first-order valence-corrected chi connectivity index (χ1v) is 7.21. The van der Waals surface area contributed by atoms with Crippen LogP contribution in [0.5, 0.6) is 5.88 Å². The van der Waals surface area contributed by atoms with Crippen LogP contribution < -0.4 is 10.5 Å². The Balaban J connectivity index is 2.05. The molecule has 2 N–H and O–H groups in total. The molecule has 2 aromatic carbocycles. The van der Waals surface area contributed by atoms with Crippen molar-refractivity contribution >= 4 is 16.6 Å². The number of hydrogen-bond acceptors (Lipinski definition) is 5. The van der Waals surface area contributed by atoms with Gasteiger partial charge in [0.2, 0.25) is 5.88 Å². The summed E-state index contributed by atoms with van der Waals surface area (Å²) in [4.78, 5) is 10.6. The highest BCUT2D eigenvalue weighted by Crippen LogP contribution is 2.29. The Morgan fingerprint density at radius 2 is 2.00 bits per heavy atom. The normalized spacial score (nSPS) is 10.8. The third-order valence-electron chi connectivity index (χ3n) is 3.44. The van der Waals surface area contributed by atoms with E-state index in [1.165, 1.54) is 12.1 Å². The Morgan fingerprint density at radius 3 is 2.70 bits per heavy atom. The van der Waals surface area contributed by atoms with Crippen molar-refractivity contribution in [3.8, 4) is 5.88 Å². The largest absolute Gasteiger partial charge is 0.475 e. The highest BCUT2D eigenvalue weighted by molar-refractivity contribution is 5.86. The van der Waals surface area contributed by atoms with Crippen molar-refractivity contribution in [3.63, 3.8) is 0 Å². The quantitative estimate of drug-likeness (QED) is 0.556. The van der Waals surface area contributed by atoms with Crippen molar-refractivity contribution in [3.05, 3.63) is 64.2 Å². The fourth-order valence-corrected chi connectivity index (χ4v) is 2.39. The van der Waals surface area contributed by atoms with Gasteiger partial charge < -0.3 is 10.5 Å². The molecule has 0 saturated carbocycles. The molecule has 23 heavy (non-hydrogen) atoms. The minimum atomic E-state index is -0.430. The van der Waals surface area contributed by atoms with E-state index in [1.807, 2.05) is 30.3 Å². The van der Waals surface area contributed by atoms with Crippen LogP contribution in [0.25, 0.3) is 10.9 Å². The summed E-state index contributed by atoms with van der Waals surface area (Å²) >= 11 is 0. The number of ether oxygens (including phenoxy) is 1. The summed E-state index contributed by atoms with van der Waals surface area (Å²) in [5.74, 6) is 0.366. The second-order valence-corrected chi connectivity index (χ2v) is 5.04. The highest BCUT2D eigenvalue weighted by atomic mass is 16.6. The van der Waals surface area contributed by atoms with Gasteiger partial charge in [0, 0.05) is 18.7 Å². The molecule has 0 spiro atoms. The average molecular weight is 312 g/mol. The molecule has 0 amide bonds. The number of aromatic nitrogens is 2. The standard InChI is InChI=1S/C16H16N4O3/c17-8-9-23-16-14-10-13(20(21)22)6-7-15(14)19(18-16)11-12-4-2-1-3-5-12/h1-7,10H,8-9,11,17H2. The minimum Gasteiger partial charge on any atom is -0.475 e. The molecule has 0 aliphatic rings. The number of rotatable bonds is 6. The number of nitrogens with two attached hydrogens (primary N) is 1. The molecule has 0 unspecified atom stereocenters. The molecule has 1 aromatic heterocycles. The smallest absolute Gasteiger partial charge is 0.270 e. The summed E-state index contributed by atoms with van der Waals surface area (Å²) in [7, 11) is 0. The van der Waals surface area contributed by atoms with Gasteiger partial charge in [-0.1, -0.05) is 30.3 Å². The number of nitro benzene ring substituents is 1. The second kappa shape index (κ2) is 6.45. The Hall–Kier alpha value is -2.93. The van der Waals surface area contributed by atoms with E-state index in [4.69, 9.17) is 10.5 Å². The van der Waals surface area contributed by atoms with Gasteiger partial charge in [0.25, 0.3) is 5.69 Å². The van der Waals surface area contributed by atoms with Gasteiger partial charge in [-0.25, -0.2) is 0 Å². The van der Waals surface area contributed by atoms with Gasteiger partial charge in [-0.05, 0) is 11.6 Å². The summed E-state index contributed by atoms with van der Waals surface area (Å²) < 4.78 is 7.32. The summed E-state index contributed by atoms with van der Waals surface area (Å²) in [5, 5.41) is 16.0. The lowest BCUT2D eigenvalue weighted by Gasteiger charge is -2.03. The molecule has 7 heteroatoms. The molecular formula is C16H16N4O3. The molecule has 0 bridgehead atoms. The summed E-state index contributed by atoms with van der Waals surface area (Å²) in [6, 6.07) is 14.5. The Kier molecular flexibility index (Phi) is 4.20. The number of nitrogens with zero attached hydrogens (tertiary/aromatic N) is 3. The van der Waals surface area contributed by atoms with Crippen molar-refractivity contribution in [1.82, 2.24) is 9.78 Å². The van der Waals surface area contributed by atoms with E-state index >= 15 is 0 Å². The van der Waals surface area contributed by atoms with Gasteiger partial charge in [0.05, 0.1) is 22.4 Å². The lowest BCUT2D eigenvalue weighted by molar-refractivity contribution is -0.384. The third kappa shape index (κ3) is 3.14. The van der Waals surface area contributed by atoms with E-state index in [9.17, 15) is 10.1 Å². The fraction of sp³-hybridized carbons (Fsp3) is 0.188. The average Bonchev–Trinajstić information content (AvgIpc) is 2.91. The lowest BCUT2D eigenvalue weighted by Crippen LogP contribution is -2.11. The molecule has 0 aliphatic heterocycles. The predicted molar refractivity (Wildman–Crippen MR) is 86.5 cm³/mol. The van der Waals surface area contributed by atoms with Crippen molar-refractivity contribution in [1.29, 1.82) is 0 Å². The summed E-state index contributed by atoms with van der Waals surface area (Å²) in [5.41, 5.74) is 7.34. The number of nitro groups is 1. The van der Waals surface area contributed by atoms with Crippen molar-refractivity contribution in [2.45, 2.75) is 6.54 Å². The van der Waals surface area contributed by atoms with E-state index < -0.39 is 4.92 Å². The molecule has 7 nitrogen and oxygen atoms in total. The number of hydrogen-bond donors (Lipinski definition) is 1. The topological polar surface area (TPSA) is 96.2 Å². The molecule has 118 valence electrons. The van der Waals surface area contributed by atoms with Crippen LogP contribution in [-0.4, -0.2) is 27.9 Å². The Labute approximate surface area is 132 Å². The van der Waals surface area contributed by atoms with Crippen LogP contribution >= 0.6 is 0 Å². The molecule has 0 atom stereocenters. The van der Waals surface area contributed by atoms with Crippen LogP contribution in [0.3, 0.4) is 0 Å².